The van der Waals surface area contributed by atoms with Gasteiger partial charge in [-0.2, -0.15) is 0 Å². The van der Waals surface area contributed by atoms with E-state index in [0.29, 0.717) is 18.0 Å². The van der Waals surface area contributed by atoms with Crippen LogP contribution < -0.4 is 20.1 Å². The molecule has 1 aliphatic heterocycles. The fraction of sp³-hybridized carbons (Fsp3) is 0.400. The number of ether oxygens (including phenoxy) is 3. The number of hydrogen-bond donors (Lipinski definition) is 2. The number of carbonyl (C=O) groups excluding carboxylic acids is 3. The van der Waals surface area contributed by atoms with Gasteiger partial charge in [0.15, 0.2) is 17.6 Å². The summed E-state index contributed by atoms with van der Waals surface area (Å²) in [5.74, 6) is -0.488. The molecule has 2 N–H and O–H groups in total. The van der Waals surface area contributed by atoms with Gasteiger partial charge in [0.1, 0.15) is 6.61 Å². The Bertz CT molecular complexity index is 603. The smallest absolute Gasteiger partial charge is 0.351 e. The second-order valence-electron chi connectivity index (χ2n) is 4.79. The molecule has 0 saturated heterocycles. The largest absolute Gasteiger partial charge is 0.485 e. The second-order valence-corrected chi connectivity index (χ2v) is 4.79. The molecule has 0 aromatic heterocycles. The van der Waals surface area contributed by atoms with Gasteiger partial charge in [-0.1, -0.05) is 12.1 Å². The Labute approximate surface area is 133 Å². The maximum atomic E-state index is 12.0. The van der Waals surface area contributed by atoms with Crippen LogP contribution in [-0.2, 0) is 14.3 Å². The molecule has 1 heterocycles. The first-order valence-electron chi connectivity index (χ1n) is 7.19. The maximum Gasteiger partial charge on any atom is 0.351 e. The summed E-state index contributed by atoms with van der Waals surface area (Å²) in [7, 11) is 0. The van der Waals surface area contributed by atoms with Crippen LogP contribution in [0, 0.1) is 0 Å². The Morgan fingerprint density at radius 3 is 2.70 bits per heavy atom. The van der Waals surface area contributed by atoms with E-state index in [1.165, 1.54) is 6.92 Å². The minimum atomic E-state index is -1.13. The van der Waals surface area contributed by atoms with Gasteiger partial charge in [-0.15, -0.1) is 0 Å². The lowest BCUT2D eigenvalue weighted by Crippen LogP contribution is -2.46. The summed E-state index contributed by atoms with van der Waals surface area (Å²) in [5.41, 5.74) is 0. The third-order valence-electron chi connectivity index (χ3n) is 3.01. The van der Waals surface area contributed by atoms with Crippen molar-refractivity contribution in [2.75, 3.05) is 13.2 Å². The number of hydrogen-bond acceptors (Lipinski definition) is 6. The number of nitrogens with one attached hydrogen (secondary N) is 2. The number of fused-ring (bicyclic) bond motifs is 1. The van der Waals surface area contributed by atoms with Crippen LogP contribution in [0.1, 0.15) is 13.8 Å². The molecule has 1 aliphatic rings. The van der Waals surface area contributed by atoms with Crippen LogP contribution >= 0.6 is 0 Å². The average molecular weight is 322 g/mol. The van der Waals surface area contributed by atoms with Crippen molar-refractivity contribution in [1.29, 1.82) is 0 Å². The molecule has 1 aromatic rings. The predicted molar refractivity (Wildman–Crippen MR) is 79.1 cm³/mol. The van der Waals surface area contributed by atoms with Gasteiger partial charge >= 0.3 is 12.0 Å². The van der Waals surface area contributed by atoms with E-state index in [9.17, 15) is 14.4 Å². The van der Waals surface area contributed by atoms with E-state index in [0.717, 1.165) is 0 Å². The lowest BCUT2D eigenvalue weighted by Gasteiger charge is -2.25. The minimum absolute atomic E-state index is 0.0134. The molecule has 2 rings (SSSR count). The first-order valence-corrected chi connectivity index (χ1v) is 7.19. The first kappa shape index (κ1) is 16.6. The van der Waals surface area contributed by atoms with Crippen LogP contribution in [0.15, 0.2) is 24.3 Å². The molecule has 3 amide bonds. The highest BCUT2D eigenvalue weighted by Gasteiger charge is 2.31. The highest BCUT2D eigenvalue weighted by Crippen LogP contribution is 2.31. The van der Waals surface area contributed by atoms with Crippen molar-refractivity contribution in [3.05, 3.63) is 24.3 Å². The van der Waals surface area contributed by atoms with Crippen LogP contribution in [0.3, 0.4) is 0 Å². The molecule has 8 heteroatoms. The Morgan fingerprint density at radius 2 is 2.00 bits per heavy atom. The number of benzene rings is 1. The first-order chi connectivity index (χ1) is 11.0. The van der Waals surface area contributed by atoms with Crippen molar-refractivity contribution in [3.8, 4) is 11.5 Å². The van der Waals surface area contributed by atoms with Gasteiger partial charge in [-0.25, -0.2) is 9.59 Å². The number of carbonyl (C=O) groups is 3. The van der Waals surface area contributed by atoms with E-state index in [1.54, 1.807) is 31.2 Å². The maximum absolute atomic E-state index is 12.0. The highest BCUT2D eigenvalue weighted by molar-refractivity contribution is 5.97. The monoisotopic (exact) mass is 322 g/mol. The molecule has 8 nitrogen and oxygen atoms in total. The lowest BCUT2D eigenvalue weighted by atomic mass is 10.2. The van der Waals surface area contributed by atoms with Gasteiger partial charge in [0.25, 0.3) is 5.91 Å². The quantitative estimate of drug-likeness (QED) is 0.787. The lowest BCUT2D eigenvalue weighted by molar-refractivity contribution is -0.163. The van der Waals surface area contributed by atoms with Gasteiger partial charge in [-0.05, 0) is 26.0 Å². The molecule has 0 spiro atoms. The van der Waals surface area contributed by atoms with Crippen molar-refractivity contribution in [1.82, 2.24) is 10.6 Å². The fourth-order valence-corrected chi connectivity index (χ4v) is 1.86. The molecule has 0 saturated carbocycles. The van der Waals surface area contributed by atoms with Crippen LogP contribution in [0.2, 0.25) is 0 Å². The zero-order valence-corrected chi connectivity index (χ0v) is 12.8. The average Bonchev–Trinajstić information content (AvgIpc) is 2.54. The number of para-hydroxylation sites is 2. The summed E-state index contributed by atoms with van der Waals surface area (Å²) < 4.78 is 15.9. The van der Waals surface area contributed by atoms with Crippen molar-refractivity contribution in [2.45, 2.75) is 26.1 Å². The van der Waals surface area contributed by atoms with Crippen molar-refractivity contribution in [2.24, 2.45) is 0 Å². The summed E-state index contributed by atoms with van der Waals surface area (Å²) in [6.07, 6.45) is -2.10. The Hall–Kier alpha value is -2.77. The van der Waals surface area contributed by atoms with Gasteiger partial charge in [0.2, 0.25) is 6.10 Å². The van der Waals surface area contributed by atoms with Crippen molar-refractivity contribution >= 4 is 17.9 Å². The normalized spacial score (nSPS) is 16.9. The standard InChI is InChI=1S/C15H18N2O6/c1-3-16-15(20)17-13(18)9(2)22-14(19)12-8-21-10-6-4-5-7-11(10)23-12/h4-7,9,12H,3,8H2,1-2H3,(H2,16,17,18,20)/t9-,12-/m1/s1. The SMILES string of the molecule is CCNC(=O)NC(=O)[C@@H](C)OC(=O)[C@H]1COc2ccccc2O1. The number of esters is 1. The Kier molecular flexibility index (Phi) is 5.40. The summed E-state index contributed by atoms with van der Waals surface area (Å²) in [4.78, 5) is 35.0. The molecule has 0 fully saturated rings. The van der Waals surface area contributed by atoms with Gasteiger partial charge in [0.05, 0.1) is 0 Å². The molecule has 0 radical (unpaired) electrons. The second kappa shape index (κ2) is 7.48. The van der Waals surface area contributed by atoms with Crippen molar-refractivity contribution in [3.63, 3.8) is 0 Å². The molecule has 0 unspecified atom stereocenters. The minimum Gasteiger partial charge on any atom is -0.485 e. The van der Waals surface area contributed by atoms with Gasteiger partial charge in [0, 0.05) is 6.54 Å². The summed E-state index contributed by atoms with van der Waals surface area (Å²) in [6.45, 7) is 3.44. The Morgan fingerprint density at radius 1 is 1.30 bits per heavy atom. The predicted octanol–water partition coefficient (Wildman–Crippen LogP) is 0.604. The molecule has 124 valence electrons. The van der Waals surface area contributed by atoms with Crippen LogP contribution in [-0.4, -0.2) is 43.3 Å². The molecule has 2 atom stereocenters. The third-order valence-corrected chi connectivity index (χ3v) is 3.01. The van der Waals surface area contributed by atoms with Crippen LogP contribution in [0.25, 0.3) is 0 Å². The summed E-state index contributed by atoms with van der Waals surface area (Å²) in [5, 5.41) is 4.47. The highest BCUT2D eigenvalue weighted by atomic mass is 16.6. The van der Waals surface area contributed by atoms with Crippen LogP contribution in [0.5, 0.6) is 11.5 Å². The Balaban J connectivity index is 1.87. The van der Waals surface area contributed by atoms with E-state index in [4.69, 9.17) is 14.2 Å². The van der Waals surface area contributed by atoms with Gasteiger partial charge in [-0.3, -0.25) is 10.1 Å². The van der Waals surface area contributed by atoms with E-state index >= 15 is 0 Å². The zero-order chi connectivity index (χ0) is 16.8. The number of amides is 3. The van der Waals surface area contributed by atoms with E-state index in [2.05, 4.69) is 10.6 Å². The summed E-state index contributed by atoms with van der Waals surface area (Å²) in [6, 6.07) is 6.28. The zero-order valence-electron chi connectivity index (χ0n) is 12.8. The number of imide groups is 1. The van der Waals surface area contributed by atoms with Crippen LogP contribution in [0.4, 0.5) is 4.79 Å². The van der Waals surface area contributed by atoms with Crippen molar-refractivity contribution < 1.29 is 28.6 Å². The molecular formula is C15H18N2O6. The molecule has 1 aromatic carbocycles. The topological polar surface area (TPSA) is 103 Å². The number of urea groups is 1. The van der Waals surface area contributed by atoms with E-state index in [1.807, 2.05) is 0 Å². The summed E-state index contributed by atoms with van der Waals surface area (Å²) >= 11 is 0. The fourth-order valence-electron chi connectivity index (χ4n) is 1.86. The molecule has 0 aliphatic carbocycles. The van der Waals surface area contributed by atoms with E-state index in [-0.39, 0.29) is 6.61 Å². The van der Waals surface area contributed by atoms with Gasteiger partial charge < -0.3 is 19.5 Å². The third kappa shape index (κ3) is 4.35. The molecular weight excluding hydrogens is 304 g/mol. The molecule has 0 bridgehead atoms. The number of rotatable bonds is 4. The molecule has 23 heavy (non-hydrogen) atoms. The van der Waals surface area contributed by atoms with E-state index < -0.39 is 30.1 Å².